The molecular weight excluding hydrogens is 272 g/mol. The van der Waals surface area contributed by atoms with Crippen LogP contribution in [0.1, 0.15) is 13.8 Å². The summed E-state index contributed by atoms with van der Waals surface area (Å²) in [7, 11) is 4.05. The SMILES string of the molecule is CN(C)C[C@@H]1CN(CCN2C(=O)NC(C)(C)C2=O)CCO1. The van der Waals surface area contributed by atoms with Crippen LogP contribution in [0, 0.1) is 0 Å². The Balaban J connectivity index is 1.83. The Morgan fingerprint density at radius 2 is 2.05 bits per heavy atom. The number of carbonyl (C=O) groups is 2. The number of amides is 3. The van der Waals surface area contributed by atoms with Crippen LogP contribution in [0.2, 0.25) is 0 Å². The second kappa shape index (κ2) is 6.29. The second-order valence-electron chi connectivity index (χ2n) is 6.57. The molecular formula is C14H26N4O3. The van der Waals surface area contributed by atoms with Gasteiger partial charge in [-0.3, -0.25) is 14.6 Å². The van der Waals surface area contributed by atoms with Gasteiger partial charge in [-0.25, -0.2) is 4.79 Å². The van der Waals surface area contributed by atoms with Gasteiger partial charge < -0.3 is 15.0 Å². The third kappa shape index (κ3) is 3.93. The van der Waals surface area contributed by atoms with Gasteiger partial charge in [0, 0.05) is 32.7 Å². The van der Waals surface area contributed by atoms with Gasteiger partial charge in [0.05, 0.1) is 12.7 Å². The van der Waals surface area contributed by atoms with Gasteiger partial charge in [0.25, 0.3) is 5.91 Å². The fraction of sp³-hybridized carbons (Fsp3) is 0.857. The van der Waals surface area contributed by atoms with Crippen LogP contribution in [0.5, 0.6) is 0 Å². The van der Waals surface area contributed by atoms with Gasteiger partial charge >= 0.3 is 6.03 Å². The summed E-state index contributed by atoms with van der Waals surface area (Å²) in [4.78, 5) is 29.6. The number of nitrogens with one attached hydrogen (secondary N) is 1. The van der Waals surface area contributed by atoms with Crippen molar-refractivity contribution >= 4 is 11.9 Å². The van der Waals surface area contributed by atoms with Gasteiger partial charge in [-0.05, 0) is 27.9 Å². The standard InChI is InChI=1S/C14H26N4O3/c1-14(2)12(19)18(13(20)15-14)6-5-17-7-8-21-11(10-17)9-16(3)4/h11H,5-10H2,1-4H3,(H,15,20)/t11-/m1/s1. The average Bonchev–Trinajstić information content (AvgIpc) is 2.56. The summed E-state index contributed by atoms with van der Waals surface area (Å²) in [6.45, 7) is 7.86. The molecule has 120 valence electrons. The minimum Gasteiger partial charge on any atom is -0.374 e. The lowest BCUT2D eigenvalue weighted by Gasteiger charge is -2.34. The first kappa shape index (κ1) is 16.2. The molecule has 2 heterocycles. The molecule has 0 aromatic carbocycles. The van der Waals surface area contributed by atoms with Crippen LogP contribution in [-0.4, -0.2) is 91.7 Å². The van der Waals surface area contributed by atoms with Crippen LogP contribution in [0.4, 0.5) is 4.79 Å². The molecule has 0 aliphatic carbocycles. The van der Waals surface area contributed by atoms with Crippen molar-refractivity contribution in [1.29, 1.82) is 0 Å². The molecule has 0 saturated carbocycles. The molecule has 2 fully saturated rings. The van der Waals surface area contributed by atoms with Crippen LogP contribution in [0.3, 0.4) is 0 Å². The van der Waals surface area contributed by atoms with Crippen LogP contribution in [0.25, 0.3) is 0 Å². The van der Waals surface area contributed by atoms with E-state index in [4.69, 9.17) is 4.74 Å². The van der Waals surface area contributed by atoms with Gasteiger partial charge in [0.2, 0.25) is 0 Å². The maximum absolute atomic E-state index is 12.1. The van der Waals surface area contributed by atoms with Gasteiger partial charge in [-0.15, -0.1) is 0 Å². The van der Waals surface area contributed by atoms with E-state index in [9.17, 15) is 9.59 Å². The van der Waals surface area contributed by atoms with Gasteiger partial charge in [0.1, 0.15) is 5.54 Å². The average molecular weight is 298 g/mol. The molecule has 0 aromatic heterocycles. The van der Waals surface area contributed by atoms with Gasteiger partial charge in [0.15, 0.2) is 0 Å². The lowest BCUT2D eigenvalue weighted by atomic mass is 10.1. The minimum absolute atomic E-state index is 0.148. The molecule has 3 amide bonds. The number of likely N-dealkylation sites (N-methyl/N-ethyl adjacent to an activating group) is 1. The molecule has 7 heteroatoms. The first-order chi connectivity index (χ1) is 9.79. The number of urea groups is 1. The van der Waals surface area contributed by atoms with Gasteiger partial charge in [-0.2, -0.15) is 0 Å². The van der Waals surface area contributed by atoms with E-state index >= 15 is 0 Å². The van der Waals surface area contributed by atoms with Crippen molar-refractivity contribution < 1.29 is 14.3 Å². The van der Waals surface area contributed by atoms with Crippen LogP contribution in [0.15, 0.2) is 0 Å². The van der Waals surface area contributed by atoms with E-state index in [1.165, 1.54) is 4.90 Å². The molecule has 2 aliphatic rings. The smallest absolute Gasteiger partial charge is 0.325 e. The fourth-order valence-corrected chi connectivity index (χ4v) is 2.76. The van der Waals surface area contributed by atoms with Crippen molar-refractivity contribution in [3.05, 3.63) is 0 Å². The highest BCUT2D eigenvalue weighted by Gasteiger charge is 2.44. The Labute approximate surface area is 126 Å². The molecule has 0 aromatic rings. The highest BCUT2D eigenvalue weighted by molar-refractivity contribution is 6.06. The quantitative estimate of drug-likeness (QED) is 0.698. The number of imide groups is 1. The largest absolute Gasteiger partial charge is 0.374 e. The third-order valence-corrected chi connectivity index (χ3v) is 3.88. The zero-order valence-electron chi connectivity index (χ0n) is 13.4. The maximum atomic E-state index is 12.1. The number of carbonyl (C=O) groups excluding carboxylic acids is 2. The number of hydrogen-bond acceptors (Lipinski definition) is 5. The highest BCUT2D eigenvalue weighted by atomic mass is 16.5. The maximum Gasteiger partial charge on any atom is 0.325 e. The van der Waals surface area contributed by atoms with Crippen LogP contribution < -0.4 is 5.32 Å². The predicted octanol–water partition coefficient (Wildman–Crippen LogP) is -0.421. The topological polar surface area (TPSA) is 65.1 Å². The summed E-state index contributed by atoms with van der Waals surface area (Å²) in [6, 6.07) is -0.289. The van der Waals surface area contributed by atoms with E-state index in [0.717, 1.165) is 19.6 Å². The lowest BCUT2D eigenvalue weighted by molar-refractivity contribution is -0.130. The molecule has 2 saturated heterocycles. The molecule has 2 aliphatic heterocycles. The molecule has 0 spiro atoms. The zero-order chi connectivity index (χ0) is 15.6. The predicted molar refractivity (Wildman–Crippen MR) is 79.1 cm³/mol. The Kier molecular flexibility index (Phi) is 4.85. The molecule has 1 N–H and O–H groups in total. The van der Waals surface area contributed by atoms with Crippen molar-refractivity contribution in [3.8, 4) is 0 Å². The van der Waals surface area contributed by atoms with E-state index in [1.54, 1.807) is 13.8 Å². The summed E-state index contributed by atoms with van der Waals surface area (Å²) >= 11 is 0. The molecule has 0 bridgehead atoms. The Morgan fingerprint density at radius 3 is 2.62 bits per heavy atom. The van der Waals surface area contributed by atoms with E-state index in [0.29, 0.717) is 19.7 Å². The lowest BCUT2D eigenvalue weighted by Crippen LogP contribution is -2.49. The molecule has 0 radical (unpaired) electrons. The van der Waals surface area contributed by atoms with Crippen molar-refractivity contribution in [3.63, 3.8) is 0 Å². The van der Waals surface area contributed by atoms with E-state index in [1.807, 2.05) is 14.1 Å². The van der Waals surface area contributed by atoms with Crippen molar-refractivity contribution in [2.24, 2.45) is 0 Å². The normalized spacial score (nSPS) is 26.5. The molecule has 2 rings (SSSR count). The zero-order valence-corrected chi connectivity index (χ0v) is 13.4. The van der Waals surface area contributed by atoms with Gasteiger partial charge in [-0.1, -0.05) is 0 Å². The number of hydrogen-bond donors (Lipinski definition) is 1. The highest BCUT2D eigenvalue weighted by Crippen LogP contribution is 2.16. The first-order valence-corrected chi connectivity index (χ1v) is 7.42. The third-order valence-electron chi connectivity index (χ3n) is 3.88. The van der Waals surface area contributed by atoms with E-state index in [2.05, 4.69) is 15.1 Å². The Hall–Kier alpha value is -1.18. The Morgan fingerprint density at radius 1 is 1.33 bits per heavy atom. The van der Waals surface area contributed by atoms with Crippen molar-refractivity contribution in [2.45, 2.75) is 25.5 Å². The minimum atomic E-state index is -0.782. The fourth-order valence-electron chi connectivity index (χ4n) is 2.76. The number of rotatable bonds is 5. The number of morpholine rings is 1. The summed E-state index contributed by atoms with van der Waals surface area (Å²) in [5.74, 6) is -0.148. The molecule has 0 unspecified atom stereocenters. The van der Waals surface area contributed by atoms with E-state index in [-0.39, 0.29) is 18.0 Å². The number of nitrogens with zero attached hydrogens (tertiary/aromatic N) is 3. The molecule has 21 heavy (non-hydrogen) atoms. The number of ether oxygens (including phenoxy) is 1. The first-order valence-electron chi connectivity index (χ1n) is 7.42. The summed E-state index contributed by atoms with van der Waals surface area (Å²) in [6.07, 6.45) is 0.188. The van der Waals surface area contributed by atoms with Crippen molar-refractivity contribution in [1.82, 2.24) is 20.0 Å². The molecule has 1 atom stereocenters. The van der Waals surface area contributed by atoms with Crippen LogP contribution in [-0.2, 0) is 9.53 Å². The summed E-state index contributed by atoms with van der Waals surface area (Å²) in [5, 5.41) is 2.70. The van der Waals surface area contributed by atoms with E-state index < -0.39 is 5.54 Å². The molecule has 7 nitrogen and oxygen atoms in total. The monoisotopic (exact) mass is 298 g/mol. The Bertz CT molecular complexity index is 411. The summed E-state index contributed by atoms with van der Waals surface area (Å²) in [5.41, 5.74) is -0.782. The summed E-state index contributed by atoms with van der Waals surface area (Å²) < 4.78 is 5.72. The second-order valence-corrected chi connectivity index (χ2v) is 6.57. The van der Waals surface area contributed by atoms with Crippen LogP contribution >= 0.6 is 0 Å². The van der Waals surface area contributed by atoms with Crippen molar-refractivity contribution in [2.75, 3.05) is 53.4 Å².